The lowest BCUT2D eigenvalue weighted by molar-refractivity contribution is -0.314. The molecular weight excluding hydrogens is 787 g/mol. The third-order valence-corrected chi connectivity index (χ3v) is 15.0. The first-order chi connectivity index (χ1) is 28.6. The number of carbonyl (C=O) groups is 3. The maximum Gasteiger partial charge on any atom is 0.408 e. The molecule has 0 bridgehead atoms. The summed E-state index contributed by atoms with van der Waals surface area (Å²) in [5.74, 6) is -3.78. The Morgan fingerprint density at radius 1 is 0.869 bits per heavy atom. The number of nitrogens with one attached hydrogen (secondary N) is 1. The van der Waals surface area contributed by atoms with Gasteiger partial charge in [-0.25, -0.2) is 4.79 Å². The highest BCUT2D eigenvalue weighted by atomic mass is 16.7. The molecule has 1 saturated carbocycles. The fraction of sp³-hybridized carbons (Fsp3) is 0.804. The summed E-state index contributed by atoms with van der Waals surface area (Å²) >= 11 is 0. The average Bonchev–Trinajstić information content (AvgIpc) is 3.56. The van der Waals surface area contributed by atoms with Crippen LogP contribution in [-0.2, 0) is 54.0 Å². The number of aliphatic hydroxyl groups excluding tert-OH is 1. The Kier molecular flexibility index (Phi) is 14.4. The first-order valence-corrected chi connectivity index (χ1v) is 22.2. The van der Waals surface area contributed by atoms with E-state index in [2.05, 4.69) is 41.2 Å². The smallest absolute Gasteiger partial charge is 0.408 e. The predicted octanol–water partition coefficient (Wildman–Crippen LogP) is 4.55. The molecule has 0 aromatic heterocycles. The van der Waals surface area contributed by atoms with Crippen molar-refractivity contribution in [1.82, 2.24) is 15.1 Å². The van der Waals surface area contributed by atoms with Crippen molar-refractivity contribution in [2.75, 3.05) is 35.4 Å². The lowest BCUT2D eigenvalue weighted by Crippen LogP contribution is -2.63. The van der Waals surface area contributed by atoms with Crippen LogP contribution >= 0.6 is 0 Å². The van der Waals surface area contributed by atoms with E-state index in [-0.39, 0.29) is 42.7 Å². The van der Waals surface area contributed by atoms with Crippen molar-refractivity contribution < 1.29 is 57.4 Å². The van der Waals surface area contributed by atoms with Crippen molar-refractivity contribution in [1.29, 1.82) is 0 Å². The minimum absolute atomic E-state index is 0.0220. The van der Waals surface area contributed by atoms with Crippen LogP contribution in [0.5, 0.6) is 0 Å². The number of amides is 1. The molecule has 15 nitrogen and oxygen atoms in total. The lowest BCUT2D eigenvalue weighted by atomic mass is 9.75. The van der Waals surface area contributed by atoms with E-state index in [0.717, 1.165) is 13.0 Å². The number of hydrogen-bond donors (Lipinski definition) is 2. The Hall–Kier alpha value is -2.73. The number of rotatable bonds is 10. The van der Waals surface area contributed by atoms with E-state index in [1.165, 1.54) is 5.56 Å². The second-order valence-corrected chi connectivity index (χ2v) is 19.5. The number of Topliss-reactive ketones (excluding diaryl/α,β-unsaturated/α-hetero) is 1. The summed E-state index contributed by atoms with van der Waals surface area (Å²) in [6, 6.07) is 9.41. The topological polar surface area (TPSA) is 164 Å². The maximum atomic E-state index is 14.6. The molecule has 6 rings (SSSR count). The minimum atomic E-state index is -1.19. The number of benzene rings is 1. The molecule has 1 aromatic carbocycles. The van der Waals surface area contributed by atoms with Gasteiger partial charge >= 0.3 is 12.1 Å². The van der Waals surface area contributed by atoms with Crippen LogP contribution in [0.15, 0.2) is 30.3 Å². The van der Waals surface area contributed by atoms with Crippen molar-refractivity contribution in [3.05, 3.63) is 35.9 Å². The van der Waals surface area contributed by atoms with Gasteiger partial charge in [0.25, 0.3) is 0 Å². The molecule has 0 radical (unpaired) electrons. The van der Waals surface area contributed by atoms with Gasteiger partial charge in [0.1, 0.15) is 11.9 Å². The number of alkyl carbamates (subject to hydrolysis) is 1. The second kappa shape index (κ2) is 18.4. The Labute approximate surface area is 362 Å². The summed E-state index contributed by atoms with van der Waals surface area (Å²) in [4.78, 5) is 46.5. The van der Waals surface area contributed by atoms with Gasteiger partial charge < -0.3 is 53.2 Å². The maximum absolute atomic E-state index is 14.6. The normalized spacial score (nSPS) is 46.0. The third-order valence-electron chi connectivity index (χ3n) is 15.0. The zero-order chi connectivity index (χ0) is 44.9. The van der Waals surface area contributed by atoms with Gasteiger partial charge in [-0.2, -0.15) is 0 Å². The van der Waals surface area contributed by atoms with E-state index in [4.69, 9.17) is 37.9 Å². The van der Waals surface area contributed by atoms with E-state index in [9.17, 15) is 19.5 Å². The van der Waals surface area contributed by atoms with Crippen LogP contribution in [0.4, 0.5) is 4.79 Å². The molecule has 19 atom stereocenters. The third kappa shape index (κ3) is 9.15. The van der Waals surface area contributed by atoms with Crippen LogP contribution in [0.2, 0.25) is 0 Å². The van der Waals surface area contributed by atoms with E-state index in [1.54, 1.807) is 35.0 Å². The highest BCUT2D eigenvalue weighted by molar-refractivity contribution is 5.86. The Morgan fingerprint density at radius 2 is 1.52 bits per heavy atom. The molecular formula is C46H73N3O12. The SMILES string of the molecule is CO[C@]1(C)C[C@H](O[C@H]2[C@H](C)[C@@H](O[C@@H]3O[C@H](C)C[C@@H](N(C)Cc4ccccc4)[C@@H]3N(C)C)[C@@](C)(OC)C[C@@H](C)C(=O)[C@H](C)[C@H]3NC(=O)O[C@@]34C(C)[C@H]4OC(=O)[C@@H]2C)O[C@@H](C)[C@@H]1O. The van der Waals surface area contributed by atoms with Crippen molar-refractivity contribution >= 4 is 17.8 Å². The molecule has 5 aliphatic rings. The van der Waals surface area contributed by atoms with Crippen LogP contribution in [0.3, 0.4) is 0 Å². The predicted molar refractivity (Wildman–Crippen MR) is 225 cm³/mol. The van der Waals surface area contributed by atoms with Crippen LogP contribution in [0.25, 0.3) is 0 Å². The summed E-state index contributed by atoms with van der Waals surface area (Å²) in [6.07, 6.45) is -5.45. The zero-order valence-corrected chi connectivity index (χ0v) is 38.8. The van der Waals surface area contributed by atoms with E-state index in [0.29, 0.717) is 0 Å². The number of aliphatic hydroxyl groups is 1. The molecule has 15 heteroatoms. The van der Waals surface area contributed by atoms with Crippen molar-refractivity contribution in [2.24, 2.45) is 29.6 Å². The number of esters is 1. The van der Waals surface area contributed by atoms with Crippen LogP contribution in [0, 0.1) is 29.6 Å². The summed E-state index contributed by atoms with van der Waals surface area (Å²) in [5, 5.41) is 14.0. The number of methoxy groups -OCH3 is 2. The number of hydrogen-bond acceptors (Lipinski definition) is 14. The Bertz CT molecular complexity index is 1700. The quantitative estimate of drug-likeness (QED) is 0.315. The van der Waals surface area contributed by atoms with Crippen LogP contribution < -0.4 is 5.32 Å². The summed E-state index contributed by atoms with van der Waals surface area (Å²) in [7, 11) is 9.33. The molecule has 4 aliphatic heterocycles. The lowest BCUT2D eigenvalue weighted by Gasteiger charge is -2.51. The number of likely N-dealkylation sites (N-methyl/N-ethyl adjacent to an activating group) is 2. The van der Waals surface area contributed by atoms with Gasteiger partial charge in [0.05, 0.1) is 53.6 Å². The molecule has 1 aromatic rings. The summed E-state index contributed by atoms with van der Waals surface area (Å²) in [6.45, 7) is 17.5. The van der Waals surface area contributed by atoms with Crippen LogP contribution in [-0.4, -0.2) is 152 Å². The monoisotopic (exact) mass is 860 g/mol. The number of carbonyl (C=O) groups excluding carboxylic acids is 3. The van der Waals surface area contributed by atoms with Crippen LogP contribution in [0.1, 0.15) is 87.1 Å². The number of ketones is 1. The molecule has 1 spiro atoms. The fourth-order valence-corrected chi connectivity index (χ4v) is 11.1. The summed E-state index contributed by atoms with van der Waals surface area (Å²) in [5.41, 5.74) is -2.16. The largest absolute Gasteiger partial charge is 0.457 e. The molecule has 2 N–H and O–H groups in total. The Morgan fingerprint density at radius 3 is 2.15 bits per heavy atom. The summed E-state index contributed by atoms with van der Waals surface area (Å²) < 4.78 is 51.9. The average molecular weight is 860 g/mol. The zero-order valence-electron chi connectivity index (χ0n) is 38.8. The van der Waals surface area contributed by atoms with E-state index < -0.39 is 102 Å². The van der Waals surface area contributed by atoms with E-state index >= 15 is 0 Å². The molecule has 5 fully saturated rings. The van der Waals surface area contributed by atoms with Gasteiger partial charge in [-0.3, -0.25) is 14.5 Å². The highest BCUT2D eigenvalue weighted by Crippen LogP contribution is 2.56. The second-order valence-electron chi connectivity index (χ2n) is 19.5. The van der Waals surface area contributed by atoms with Gasteiger partial charge in [0.2, 0.25) is 0 Å². The fourth-order valence-electron chi connectivity index (χ4n) is 11.1. The van der Waals surface area contributed by atoms with Crippen molar-refractivity contribution in [3.63, 3.8) is 0 Å². The van der Waals surface area contributed by atoms with Gasteiger partial charge in [-0.05, 0) is 74.2 Å². The van der Waals surface area contributed by atoms with Gasteiger partial charge in [0, 0.05) is 56.9 Å². The molecule has 4 saturated heterocycles. The first kappa shape index (κ1) is 47.7. The molecule has 61 heavy (non-hydrogen) atoms. The van der Waals surface area contributed by atoms with E-state index in [1.807, 2.05) is 66.9 Å². The number of nitrogens with zero attached hydrogens (tertiary/aromatic N) is 2. The highest BCUT2D eigenvalue weighted by Gasteiger charge is 2.77. The van der Waals surface area contributed by atoms with Gasteiger partial charge in [-0.15, -0.1) is 0 Å². The van der Waals surface area contributed by atoms with Gasteiger partial charge in [-0.1, -0.05) is 58.0 Å². The van der Waals surface area contributed by atoms with Crippen molar-refractivity contribution in [2.45, 2.75) is 172 Å². The molecule has 1 aliphatic carbocycles. The molecule has 1 unspecified atom stereocenters. The van der Waals surface area contributed by atoms with Gasteiger partial charge in [0.15, 0.2) is 24.3 Å². The molecule has 344 valence electrons. The van der Waals surface area contributed by atoms with Crippen molar-refractivity contribution in [3.8, 4) is 0 Å². The number of ether oxygens (including phenoxy) is 8. The minimum Gasteiger partial charge on any atom is -0.457 e. The Balaban J connectivity index is 1.43. The first-order valence-electron chi connectivity index (χ1n) is 22.2. The standard InChI is InChI=1S/C46H73N3O12/c1-24-21-45(9,55-14)39(60-42-34(48(10)11)32(20-25(2)56-42)49(12)23-31-18-16-15-17-19-31)27(4)36(58-33-22-44(8,54-13)38(51)30(7)57-33)28(5)41(52)59-40-29(6)46(40)37(26(3)35(24)50)47-43(53)61-46/h15-19,24-30,32-34,36-40,42,51H,20-23H2,1-14H3,(H,47,53)/t24-,25-,26+,27+,28-,29?,30+,32-,33+,34+,36+,37-,38+,39-,40-,42+,44-,45+,46+/m1/s1. The molecule has 1 amide bonds. The molecule has 4 heterocycles.